The number of benzene rings is 2. The third kappa shape index (κ3) is 5.14. The second-order valence-electron chi connectivity index (χ2n) is 5.26. The van der Waals surface area contributed by atoms with Gasteiger partial charge >= 0.3 is 0 Å². The monoisotopic (exact) mass is 311 g/mol. The molecule has 120 valence electrons. The molecule has 0 aliphatic rings. The molecule has 0 radical (unpaired) electrons. The maximum absolute atomic E-state index is 12.1. The van der Waals surface area contributed by atoms with Crippen molar-refractivity contribution < 1.29 is 9.59 Å². The van der Waals surface area contributed by atoms with Gasteiger partial charge in [-0.15, -0.1) is 0 Å². The zero-order valence-corrected chi connectivity index (χ0v) is 13.3. The smallest absolute Gasteiger partial charge is 0.242 e. The van der Waals surface area contributed by atoms with E-state index in [1.807, 2.05) is 48.5 Å². The molecule has 0 unspecified atom stereocenters. The lowest BCUT2D eigenvalue weighted by molar-refractivity contribution is -0.121. The van der Waals surface area contributed by atoms with Gasteiger partial charge in [-0.1, -0.05) is 36.4 Å². The van der Waals surface area contributed by atoms with E-state index in [9.17, 15) is 9.59 Å². The Morgan fingerprint density at radius 3 is 2.35 bits per heavy atom. The van der Waals surface area contributed by atoms with E-state index in [4.69, 9.17) is 0 Å². The van der Waals surface area contributed by atoms with Crippen LogP contribution in [0.3, 0.4) is 0 Å². The molecule has 5 heteroatoms. The first kappa shape index (κ1) is 16.5. The number of carbonyl (C=O) groups excluding carboxylic acids is 2. The fraction of sp³-hybridized carbons (Fsp3) is 0.222. The molecule has 2 aromatic rings. The number of nitrogens with one attached hydrogen (secondary N) is 3. The molecule has 0 aliphatic carbocycles. The van der Waals surface area contributed by atoms with E-state index in [2.05, 4.69) is 16.0 Å². The summed E-state index contributed by atoms with van der Waals surface area (Å²) in [5.41, 5.74) is 2.55. The highest BCUT2D eigenvalue weighted by atomic mass is 16.2. The summed E-state index contributed by atoms with van der Waals surface area (Å²) in [6.45, 7) is 1.46. The average molecular weight is 311 g/mol. The lowest BCUT2D eigenvalue weighted by Gasteiger charge is -2.19. The highest BCUT2D eigenvalue weighted by Crippen LogP contribution is 2.17. The Hall–Kier alpha value is -2.82. The molecule has 0 saturated carbocycles. The van der Waals surface area contributed by atoms with Crippen LogP contribution in [0.25, 0.3) is 0 Å². The van der Waals surface area contributed by atoms with Crippen LogP contribution in [0.2, 0.25) is 0 Å². The second-order valence-corrected chi connectivity index (χ2v) is 5.26. The van der Waals surface area contributed by atoms with E-state index in [0.29, 0.717) is 12.1 Å². The molecule has 0 bridgehead atoms. The summed E-state index contributed by atoms with van der Waals surface area (Å²) in [4.78, 5) is 23.3. The quantitative estimate of drug-likeness (QED) is 0.767. The van der Waals surface area contributed by atoms with Gasteiger partial charge in [0.2, 0.25) is 11.8 Å². The number of hydrogen-bond acceptors (Lipinski definition) is 3. The Morgan fingerprint density at radius 2 is 1.70 bits per heavy atom. The molecule has 1 atom stereocenters. The van der Waals surface area contributed by atoms with Gasteiger partial charge in [-0.05, 0) is 23.8 Å². The average Bonchev–Trinajstić information content (AvgIpc) is 2.54. The largest absolute Gasteiger partial charge is 0.373 e. The minimum atomic E-state index is -0.394. The van der Waals surface area contributed by atoms with Crippen LogP contribution in [0.1, 0.15) is 12.5 Å². The Labute approximate surface area is 136 Å². The van der Waals surface area contributed by atoms with E-state index >= 15 is 0 Å². The third-order valence-electron chi connectivity index (χ3n) is 3.37. The van der Waals surface area contributed by atoms with Gasteiger partial charge in [-0.25, -0.2) is 0 Å². The Bertz CT molecular complexity index is 671. The Kier molecular flexibility index (Phi) is 5.74. The van der Waals surface area contributed by atoms with Crippen LogP contribution < -0.4 is 16.0 Å². The predicted octanol–water partition coefficient (Wildman–Crippen LogP) is 2.41. The number of amides is 2. The maximum atomic E-state index is 12.1. The molecule has 0 heterocycles. The number of hydrogen-bond donors (Lipinski definition) is 3. The molecular formula is C18H21N3O2. The van der Waals surface area contributed by atoms with E-state index in [-0.39, 0.29) is 11.8 Å². The topological polar surface area (TPSA) is 70.2 Å². The zero-order chi connectivity index (χ0) is 16.7. The SMILES string of the molecule is CNC(=O)[C@@H](Cc1ccccc1)Nc1cccc(NC(C)=O)c1. The molecule has 0 aliphatic heterocycles. The van der Waals surface area contributed by atoms with Gasteiger partial charge in [0.05, 0.1) is 0 Å². The summed E-state index contributed by atoms with van der Waals surface area (Å²) >= 11 is 0. The van der Waals surface area contributed by atoms with Crippen molar-refractivity contribution >= 4 is 23.2 Å². The molecule has 0 aromatic heterocycles. The summed E-state index contributed by atoms with van der Waals surface area (Å²) in [7, 11) is 1.62. The molecule has 2 amide bonds. The minimum Gasteiger partial charge on any atom is -0.373 e. The van der Waals surface area contributed by atoms with Crippen LogP contribution >= 0.6 is 0 Å². The van der Waals surface area contributed by atoms with Crippen LogP contribution in [0.4, 0.5) is 11.4 Å². The standard InChI is InChI=1S/C18H21N3O2/c1-13(22)20-15-9-6-10-16(12-15)21-17(18(23)19-2)11-14-7-4-3-5-8-14/h3-10,12,17,21H,11H2,1-2H3,(H,19,23)(H,20,22)/t17-/m1/s1. The van der Waals surface area contributed by atoms with Crippen LogP contribution in [0.5, 0.6) is 0 Å². The number of rotatable bonds is 6. The highest BCUT2D eigenvalue weighted by Gasteiger charge is 2.17. The van der Waals surface area contributed by atoms with Crippen LogP contribution in [0.15, 0.2) is 54.6 Å². The van der Waals surface area contributed by atoms with E-state index in [1.54, 1.807) is 13.1 Å². The van der Waals surface area contributed by atoms with Gasteiger partial charge in [0.25, 0.3) is 0 Å². The van der Waals surface area contributed by atoms with Gasteiger partial charge in [0.1, 0.15) is 6.04 Å². The van der Waals surface area contributed by atoms with Gasteiger partial charge < -0.3 is 16.0 Å². The van der Waals surface area contributed by atoms with Gasteiger partial charge in [-0.2, -0.15) is 0 Å². The number of carbonyl (C=O) groups is 2. The molecule has 3 N–H and O–H groups in total. The highest BCUT2D eigenvalue weighted by molar-refractivity contribution is 5.89. The van der Waals surface area contributed by atoms with Crippen molar-refractivity contribution in [1.82, 2.24) is 5.32 Å². The zero-order valence-electron chi connectivity index (χ0n) is 13.3. The second kappa shape index (κ2) is 7.98. The summed E-state index contributed by atoms with van der Waals surface area (Å²) in [5, 5.41) is 8.64. The van der Waals surface area contributed by atoms with E-state index in [1.165, 1.54) is 6.92 Å². The fourth-order valence-corrected chi connectivity index (χ4v) is 2.32. The first-order valence-corrected chi connectivity index (χ1v) is 7.48. The molecule has 0 spiro atoms. The summed E-state index contributed by atoms with van der Waals surface area (Å²) < 4.78 is 0. The van der Waals surface area contributed by atoms with Gasteiger partial charge in [0, 0.05) is 31.8 Å². The van der Waals surface area contributed by atoms with Crippen LogP contribution in [0, 0.1) is 0 Å². The molecule has 2 rings (SSSR count). The van der Waals surface area contributed by atoms with E-state index in [0.717, 1.165) is 11.3 Å². The molecular weight excluding hydrogens is 290 g/mol. The molecule has 2 aromatic carbocycles. The normalized spacial score (nSPS) is 11.4. The summed E-state index contributed by atoms with van der Waals surface area (Å²) in [6, 6.07) is 16.8. The lowest BCUT2D eigenvalue weighted by Crippen LogP contribution is -2.39. The van der Waals surface area contributed by atoms with Crippen molar-refractivity contribution in [2.45, 2.75) is 19.4 Å². The van der Waals surface area contributed by atoms with Crippen molar-refractivity contribution in [2.24, 2.45) is 0 Å². The summed E-state index contributed by atoms with van der Waals surface area (Å²) in [6.07, 6.45) is 0.574. The van der Waals surface area contributed by atoms with Crippen LogP contribution in [-0.2, 0) is 16.0 Å². The number of anilines is 2. The number of likely N-dealkylation sites (N-methyl/N-ethyl adjacent to an activating group) is 1. The molecule has 0 saturated heterocycles. The first-order valence-electron chi connectivity index (χ1n) is 7.48. The predicted molar refractivity (Wildman–Crippen MR) is 92.4 cm³/mol. The van der Waals surface area contributed by atoms with Crippen molar-refractivity contribution in [3.05, 3.63) is 60.2 Å². The van der Waals surface area contributed by atoms with E-state index < -0.39 is 6.04 Å². The fourth-order valence-electron chi connectivity index (χ4n) is 2.32. The molecule has 23 heavy (non-hydrogen) atoms. The van der Waals surface area contributed by atoms with Crippen molar-refractivity contribution in [3.8, 4) is 0 Å². The third-order valence-corrected chi connectivity index (χ3v) is 3.37. The first-order chi connectivity index (χ1) is 11.1. The van der Waals surface area contributed by atoms with Crippen molar-refractivity contribution in [1.29, 1.82) is 0 Å². The Morgan fingerprint density at radius 1 is 1.00 bits per heavy atom. The molecule has 5 nitrogen and oxygen atoms in total. The van der Waals surface area contributed by atoms with Crippen molar-refractivity contribution in [3.63, 3.8) is 0 Å². The summed E-state index contributed by atoms with van der Waals surface area (Å²) in [5.74, 6) is -0.215. The minimum absolute atomic E-state index is 0.0845. The lowest BCUT2D eigenvalue weighted by atomic mass is 10.0. The maximum Gasteiger partial charge on any atom is 0.242 e. The van der Waals surface area contributed by atoms with Crippen LogP contribution in [-0.4, -0.2) is 24.9 Å². The van der Waals surface area contributed by atoms with Gasteiger partial charge in [0.15, 0.2) is 0 Å². The van der Waals surface area contributed by atoms with Gasteiger partial charge in [-0.3, -0.25) is 9.59 Å². The molecule has 0 fully saturated rings. The Balaban J connectivity index is 2.14. The van der Waals surface area contributed by atoms with Crippen molar-refractivity contribution in [2.75, 3.05) is 17.7 Å².